The van der Waals surface area contributed by atoms with Crippen molar-refractivity contribution in [3.8, 4) is 11.5 Å². The lowest BCUT2D eigenvalue weighted by Gasteiger charge is -2.38. The van der Waals surface area contributed by atoms with Crippen LogP contribution >= 0.6 is 0 Å². The lowest BCUT2D eigenvalue weighted by molar-refractivity contribution is -0.0157. The molecule has 5 heteroatoms. The van der Waals surface area contributed by atoms with Crippen molar-refractivity contribution in [3.63, 3.8) is 0 Å². The van der Waals surface area contributed by atoms with Crippen LogP contribution < -0.4 is 10.1 Å². The van der Waals surface area contributed by atoms with Gasteiger partial charge in [0.2, 0.25) is 0 Å². The van der Waals surface area contributed by atoms with Crippen LogP contribution in [0.25, 0.3) is 0 Å². The van der Waals surface area contributed by atoms with E-state index in [0.717, 1.165) is 16.9 Å². The summed E-state index contributed by atoms with van der Waals surface area (Å²) in [5, 5.41) is 14.0. The van der Waals surface area contributed by atoms with Crippen molar-refractivity contribution in [2.24, 2.45) is 0 Å². The molecule has 4 rings (SSSR count). The molecular weight excluding hydrogens is 376 g/mol. The maximum Gasteiger partial charge on any atom is 0.321 e. The van der Waals surface area contributed by atoms with E-state index in [2.05, 4.69) is 5.32 Å². The number of para-hydroxylation sites is 1. The second-order valence-electron chi connectivity index (χ2n) is 7.76. The van der Waals surface area contributed by atoms with Crippen LogP contribution in [0.1, 0.15) is 24.0 Å². The third-order valence-corrected chi connectivity index (χ3v) is 5.50. The number of amides is 2. The number of benzene rings is 3. The maximum atomic E-state index is 12.7. The zero-order valence-corrected chi connectivity index (χ0v) is 17.0. The van der Waals surface area contributed by atoms with Crippen molar-refractivity contribution >= 4 is 11.7 Å². The third kappa shape index (κ3) is 4.63. The molecule has 5 nitrogen and oxygen atoms in total. The number of aryl methyl sites for hydroxylation is 1. The molecule has 1 aliphatic rings. The number of likely N-dealkylation sites (tertiary alicyclic amines) is 1. The van der Waals surface area contributed by atoms with Crippen molar-refractivity contribution in [2.75, 3.05) is 18.4 Å². The Bertz CT molecular complexity index is 1010. The molecule has 0 unspecified atom stereocenters. The molecular formula is C25H26N2O3. The topological polar surface area (TPSA) is 61.8 Å². The van der Waals surface area contributed by atoms with Gasteiger partial charge >= 0.3 is 6.03 Å². The van der Waals surface area contributed by atoms with E-state index in [0.29, 0.717) is 37.4 Å². The van der Waals surface area contributed by atoms with Gasteiger partial charge in [0.05, 0.1) is 5.60 Å². The zero-order valence-electron chi connectivity index (χ0n) is 17.0. The summed E-state index contributed by atoms with van der Waals surface area (Å²) in [7, 11) is 0. The Hall–Kier alpha value is -3.31. The van der Waals surface area contributed by atoms with Crippen molar-refractivity contribution in [2.45, 2.75) is 25.4 Å². The number of urea groups is 1. The van der Waals surface area contributed by atoms with Gasteiger partial charge < -0.3 is 20.1 Å². The Balaban J connectivity index is 1.37. The molecule has 1 aliphatic heterocycles. The van der Waals surface area contributed by atoms with E-state index in [-0.39, 0.29) is 6.03 Å². The fourth-order valence-electron chi connectivity index (χ4n) is 3.77. The van der Waals surface area contributed by atoms with E-state index in [1.807, 2.05) is 79.7 Å². The van der Waals surface area contributed by atoms with Gasteiger partial charge in [-0.25, -0.2) is 4.79 Å². The Morgan fingerprint density at radius 1 is 0.933 bits per heavy atom. The molecule has 30 heavy (non-hydrogen) atoms. The summed E-state index contributed by atoms with van der Waals surface area (Å²) in [5.41, 5.74) is 1.84. The number of rotatable bonds is 4. The van der Waals surface area contributed by atoms with Gasteiger partial charge in [0.15, 0.2) is 0 Å². The molecule has 3 aromatic carbocycles. The van der Waals surface area contributed by atoms with Crippen molar-refractivity contribution in [3.05, 3.63) is 90.0 Å². The summed E-state index contributed by atoms with van der Waals surface area (Å²) in [6.45, 7) is 3.01. The smallest absolute Gasteiger partial charge is 0.321 e. The predicted molar refractivity (Wildman–Crippen MR) is 118 cm³/mol. The molecule has 0 aliphatic carbocycles. The Morgan fingerprint density at radius 2 is 1.63 bits per heavy atom. The standard InChI is InChI=1S/C25H26N2O3/c1-19-7-5-8-20(17-19)25(29)13-15-27(16-14-25)24(28)26-21-9-6-12-23(18-21)30-22-10-3-2-4-11-22/h2-12,17-18,29H,13-16H2,1H3,(H,26,28). The Morgan fingerprint density at radius 3 is 2.37 bits per heavy atom. The van der Waals surface area contributed by atoms with E-state index in [1.165, 1.54) is 0 Å². The molecule has 0 atom stereocenters. The van der Waals surface area contributed by atoms with Gasteiger partial charge in [-0.15, -0.1) is 0 Å². The summed E-state index contributed by atoms with van der Waals surface area (Å²) >= 11 is 0. The third-order valence-electron chi connectivity index (χ3n) is 5.50. The van der Waals surface area contributed by atoms with Crippen LogP contribution in [0.15, 0.2) is 78.9 Å². The van der Waals surface area contributed by atoms with Gasteiger partial charge in [-0.1, -0.05) is 54.1 Å². The lowest BCUT2D eigenvalue weighted by Crippen LogP contribution is -2.46. The highest BCUT2D eigenvalue weighted by Gasteiger charge is 2.35. The normalized spacial score (nSPS) is 15.5. The summed E-state index contributed by atoms with van der Waals surface area (Å²) < 4.78 is 5.83. The van der Waals surface area contributed by atoms with E-state index < -0.39 is 5.60 Å². The molecule has 0 bridgehead atoms. The van der Waals surface area contributed by atoms with E-state index in [4.69, 9.17) is 4.74 Å². The predicted octanol–water partition coefficient (Wildman–Crippen LogP) is 5.30. The minimum atomic E-state index is -0.883. The molecule has 1 heterocycles. The largest absolute Gasteiger partial charge is 0.457 e. The van der Waals surface area contributed by atoms with Crippen LogP contribution in [0.4, 0.5) is 10.5 Å². The lowest BCUT2D eigenvalue weighted by atomic mass is 9.84. The Kier molecular flexibility index (Phi) is 5.72. The minimum Gasteiger partial charge on any atom is -0.457 e. The first-order valence-corrected chi connectivity index (χ1v) is 10.2. The van der Waals surface area contributed by atoms with E-state index >= 15 is 0 Å². The number of piperidine rings is 1. The Labute approximate surface area is 176 Å². The van der Waals surface area contributed by atoms with Crippen LogP contribution in [0.5, 0.6) is 11.5 Å². The highest BCUT2D eigenvalue weighted by Crippen LogP contribution is 2.33. The highest BCUT2D eigenvalue weighted by atomic mass is 16.5. The molecule has 154 valence electrons. The molecule has 0 radical (unpaired) electrons. The molecule has 0 aromatic heterocycles. The summed E-state index contributed by atoms with van der Waals surface area (Å²) in [5.74, 6) is 1.40. The van der Waals surface area contributed by atoms with Gasteiger partial charge in [0.25, 0.3) is 0 Å². The molecule has 0 saturated carbocycles. The van der Waals surface area contributed by atoms with Gasteiger partial charge in [-0.05, 0) is 49.6 Å². The van der Waals surface area contributed by atoms with Crippen molar-refractivity contribution in [1.82, 2.24) is 4.90 Å². The van der Waals surface area contributed by atoms with Crippen molar-refractivity contribution in [1.29, 1.82) is 0 Å². The SMILES string of the molecule is Cc1cccc(C2(O)CCN(C(=O)Nc3cccc(Oc4ccccc4)c3)CC2)c1. The maximum absolute atomic E-state index is 12.7. The first-order valence-electron chi connectivity index (χ1n) is 10.2. The second kappa shape index (κ2) is 8.59. The quantitative estimate of drug-likeness (QED) is 0.622. The number of ether oxygens (including phenoxy) is 1. The average molecular weight is 402 g/mol. The second-order valence-corrected chi connectivity index (χ2v) is 7.76. The zero-order chi connectivity index (χ0) is 21.0. The molecule has 3 aromatic rings. The van der Waals surface area contributed by atoms with Crippen LogP contribution in [0.2, 0.25) is 0 Å². The first kappa shape index (κ1) is 20.0. The number of carbonyl (C=O) groups is 1. The van der Waals surface area contributed by atoms with Gasteiger partial charge in [0.1, 0.15) is 11.5 Å². The number of hydrogen-bond donors (Lipinski definition) is 2. The van der Waals surface area contributed by atoms with Crippen LogP contribution in [-0.4, -0.2) is 29.1 Å². The highest BCUT2D eigenvalue weighted by molar-refractivity contribution is 5.89. The first-order chi connectivity index (χ1) is 14.5. The van der Waals surface area contributed by atoms with Crippen LogP contribution in [-0.2, 0) is 5.60 Å². The van der Waals surface area contributed by atoms with Crippen LogP contribution in [0.3, 0.4) is 0 Å². The van der Waals surface area contributed by atoms with E-state index in [9.17, 15) is 9.90 Å². The van der Waals surface area contributed by atoms with Gasteiger partial charge in [-0.3, -0.25) is 0 Å². The number of hydrogen-bond acceptors (Lipinski definition) is 3. The fourth-order valence-corrected chi connectivity index (χ4v) is 3.77. The monoisotopic (exact) mass is 402 g/mol. The fraction of sp³-hybridized carbons (Fsp3) is 0.240. The van der Waals surface area contributed by atoms with Crippen LogP contribution in [0, 0.1) is 6.92 Å². The minimum absolute atomic E-state index is 0.168. The molecule has 1 saturated heterocycles. The molecule has 1 fully saturated rings. The number of nitrogens with one attached hydrogen (secondary N) is 1. The summed E-state index contributed by atoms with van der Waals surface area (Å²) in [6, 6.07) is 24.7. The number of nitrogens with zero attached hydrogens (tertiary/aromatic N) is 1. The molecule has 0 spiro atoms. The summed E-state index contributed by atoms with van der Waals surface area (Å²) in [6.07, 6.45) is 1.03. The molecule has 2 amide bonds. The number of carbonyl (C=O) groups excluding carboxylic acids is 1. The number of anilines is 1. The average Bonchev–Trinajstić information content (AvgIpc) is 2.75. The van der Waals surface area contributed by atoms with Crippen molar-refractivity contribution < 1.29 is 14.6 Å². The van der Waals surface area contributed by atoms with Gasteiger partial charge in [0, 0.05) is 24.8 Å². The summed E-state index contributed by atoms with van der Waals surface area (Å²) in [4.78, 5) is 14.5. The molecule has 2 N–H and O–H groups in total. The van der Waals surface area contributed by atoms with E-state index in [1.54, 1.807) is 11.0 Å². The number of aliphatic hydroxyl groups is 1. The van der Waals surface area contributed by atoms with Gasteiger partial charge in [-0.2, -0.15) is 0 Å².